The molecule has 25 heavy (non-hydrogen) atoms. The molecule has 1 aromatic carbocycles. The van der Waals surface area contributed by atoms with Crippen LogP contribution in [0.2, 0.25) is 5.02 Å². The second kappa shape index (κ2) is 9.07. The molecule has 1 amide bonds. The predicted octanol–water partition coefficient (Wildman–Crippen LogP) is 4.59. The van der Waals surface area contributed by atoms with Crippen LogP contribution in [0, 0.1) is 6.92 Å². The van der Waals surface area contributed by atoms with Crippen LogP contribution in [0.4, 0.5) is 0 Å². The second-order valence-corrected chi connectivity index (χ2v) is 6.49. The van der Waals surface area contributed by atoms with Gasteiger partial charge in [-0.3, -0.25) is 4.79 Å². The SMILES string of the molecule is CCCc1c(-c2ccccc2Cl)c(C(N)=O)c(C)n1CCCOCC. The molecule has 2 N–H and O–H groups in total. The first-order valence-corrected chi connectivity index (χ1v) is 9.25. The number of ether oxygens (including phenoxy) is 1. The van der Waals surface area contributed by atoms with Crippen molar-refractivity contribution in [2.75, 3.05) is 13.2 Å². The number of hydrogen-bond donors (Lipinski definition) is 1. The smallest absolute Gasteiger partial charge is 0.251 e. The number of amides is 1. The van der Waals surface area contributed by atoms with Gasteiger partial charge in [-0.25, -0.2) is 0 Å². The Labute approximate surface area is 154 Å². The van der Waals surface area contributed by atoms with Gasteiger partial charge in [-0.1, -0.05) is 43.1 Å². The highest BCUT2D eigenvalue weighted by atomic mass is 35.5. The number of primary amides is 1. The zero-order chi connectivity index (χ0) is 18.4. The van der Waals surface area contributed by atoms with Crippen molar-refractivity contribution in [3.8, 4) is 11.1 Å². The van der Waals surface area contributed by atoms with Crippen molar-refractivity contribution in [2.45, 2.75) is 46.6 Å². The fraction of sp³-hybridized carbons (Fsp3) is 0.450. The van der Waals surface area contributed by atoms with Gasteiger partial charge in [-0.15, -0.1) is 0 Å². The monoisotopic (exact) mass is 362 g/mol. The molecule has 2 aromatic rings. The zero-order valence-corrected chi connectivity index (χ0v) is 16.0. The van der Waals surface area contributed by atoms with Crippen LogP contribution >= 0.6 is 11.6 Å². The molecule has 0 saturated carbocycles. The molecule has 0 radical (unpaired) electrons. The molecule has 0 bridgehead atoms. The maximum atomic E-state index is 12.2. The number of nitrogens with two attached hydrogens (primary N) is 1. The van der Waals surface area contributed by atoms with Crippen LogP contribution < -0.4 is 5.73 Å². The predicted molar refractivity (Wildman–Crippen MR) is 103 cm³/mol. The van der Waals surface area contributed by atoms with Gasteiger partial charge in [-0.05, 0) is 32.8 Å². The van der Waals surface area contributed by atoms with E-state index in [0.29, 0.717) is 23.8 Å². The van der Waals surface area contributed by atoms with Crippen molar-refractivity contribution in [1.82, 2.24) is 4.57 Å². The Balaban J connectivity index is 2.59. The molecule has 0 spiro atoms. The topological polar surface area (TPSA) is 57.2 Å². The normalized spacial score (nSPS) is 11.0. The van der Waals surface area contributed by atoms with Gasteiger partial charge in [0.25, 0.3) is 5.91 Å². The summed E-state index contributed by atoms with van der Waals surface area (Å²) in [5, 5.41) is 0.633. The van der Waals surface area contributed by atoms with Crippen molar-refractivity contribution in [2.24, 2.45) is 5.73 Å². The van der Waals surface area contributed by atoms with E-state index in [0.717, 1.165) is 48.3 Å². The number of nitrogens with zero attached hydrogens (tertiary/aromatic N) is 1. The minimum Gasteiger partial charge on any atom is -0.382 e. The van der Waals surface area contributed by atoms with Gasteiger partial charge in [-0.2, -0.15) is 0 Å². The summed E-state index contributed by atoms with van der Waals surface area (Å²) in [4.78, 5) is 12.2. The van der Waals surface area contributed by atoms with Gasteiger partial charge in [0, 0.05) is 47.3 Å². The molecular weight excluding hydrogens is 336 g/mol. The first-order valence-electron chi connectivity index (χ1n) is 8.87. The molecule has 0 aliphatic heterocycles. The Morgan fingerprint density at radius 3 is 2.60 bits per heavy atom. The molecule has 0 fully saturated rings. The molecule has 0 atom stereocenters. The van der Waals surface area contributed by atoms with E-state index in [4.69, 9.17) is 22.1 Å². The van der Waals surface area contributed by atoms with Crippen LogP contribution in [0.1, 0.15) is 48.4 Å². The summed E-state index contributed by atoms with van der Waals surface area (Å²) < 4.78 is 7.67. The number of aromatic nitrogens is 1. The van der Waals surface area contributed by atoms with Crippen LogP contribution in [0.5, 0.6) is 0 Å². The number of benzene rings is 1. The van der Waals surface area contributed by atoms with Gasteiger partial charge >= 0.3 is 0 Å². The molecule has 1 heterocycles. The minimum absolute atomic E-state index is 0.409. The van der Waals surface area contributed by atoms with E-state index in [-0.39, 0.29) is 0 Å². The molecular formula is C20H27ClN2O2. The highest BCUT2D eigenvalue weighted by Crippen LogP contribution is 2.37. The van der Waals surface area contributed by atoms with E-state index in [1.165, 1.54) is 0 Å². The van der Waals surface area contributed by atoms with Crippen molar-refractivity contribution < 1.29 is 9.53 Å². The van der Waals surface area contributed by atoms with Crippen LogP contribution in [0.15, 0.2) is 24.3 Å². The standard InChI is InChI=1S/C20H27ClN2O2/c1-4-9-17-19(15-10-6-7-11-16(15)21)18(20(22)24)14(3)23(17)12-8-13-25-5-2/h6-7,10-11H,4-5,8-9,12-13H2,1-3H3,(H2,22,24). The van der Waals surface area contributed by atoms with Gasteiger partial charge in [0.2, 0.25) is 0 Å². The van der Waals surface area contributed by atoms with E-state index in [1.54, 1.807) is 0 Å². The van der Waals surface area contributed by atoms with E-state index >= 15 is 0 Å². The van der Waals surface area contributed by atoms with Gasteiger partial charge < -0.3 is 15.0 Å². The number of carbonyl (C=O) groups excluding carboxylic acids is 1. The number of carbonyl (C=O) groups is 1. The Morgan fingerprint density at radius 2 is 2.00 bits per heavy atom. The summed E-state index contributed by atoms with van der Waals surface area (Å²) in [6.45, 7) is 8.29. The zero-order valence-electron chi connectivity index (χ0n) is 15.3. The first kappa shape index (κ1) is 19.5. The summed E-state index contributed by atoms with van der Waals surface area (Å²) in [7, 11) is 0. The van der Waals surface area contributed by atoms with Crippen LogP contribution in [0.3, 0.4) is 0 Å². The third kappa shape index (κ3) is 4.25. The molecule has 136 valence electrons. The Bertz CT molecular complexity index is 738. The lowest BCUT2D eigenvalue weighted by Crippen LogP contribution is -2.14. The van der Waals surface area contributed by atoms with Gasteiger partial charge in [0.05, 0.1) is 5.56 Å². The molecule has 0 saturated heterocycles. The first-order chi connectivity index (χ1) is 12.0. The number of hydrogen-bond acceptors (Lipinski definition) is 2. The Morgan fingerprint density at radius 1 is 1.28 bits per heavy atom. The molecule has 0 unspecified atom stereocenters. The maximum Gasteiger partial charge on any atom is 0.251 e. The molecule has 2 rings (SSSR count). The minimum atomic E-state index is -0.409. The summed E-state index contributed by atoms with van der Waals surface area (Å²) in [5.41, 5.74) is 10.1. The van der Waals surface area contributed by atoms with Crippen molar-refractivity contribution >= 4 is 17.5 Å². The Hall–Kier alpha value is -1.78. The van der Waals surface area contributed by atoms with Gasteiger partial charge in [0.15, 0.2) is 0 Å². The fourth-order valence-electron chi connectivity index (χ4n) is 3.32. The van der Waals surface area contributed by atoms with Crippen LogP contribution in [-0.4, -0.2) is 23.7 Å². The van der Waals surface area contributed by atoms with E-state index in [9.17, 15) is 4.79 Å². The summed E-state index contributed by atoms with van der Waals surface area (Å²) in [6.07, 6.45) is 2.73. The number of rotatable bonds is 9. The lowest BCUT2D eigenvalue weighted by atomic mass is 9.98. The van der Waals surface area contributed by atoms with E-state index in [1.807, 2.05) is 38.1 Å². The average Bonchev–Trinajstić information content (AvgIpc) is 2.85. The average molecular weight is 363 g/mol. The molecule has 0 aliphatic carbocycles. The summed E-state index contributed by atoms with van der Waals surface area (Å²) >= 11 is 6.43. The second-order valence-electron chi connectivity index (χ2n) is 6.08. The third-order valence-electron chi connectivity index (χ3n) is 4.38. The molecule has 5 heteroatoms. The van der Waals surface area contributed by atoms with Crippen LogP contribution in [0.25, 0.3) is 11.1 Å². The van der Waals surface area contributed by atoms with Crippen LogP contribution in [-0.2, 0) is 17.7 Å². The third-order valence-corrected chi connectivity index (χ3v) is 4.71. The summed E-state index contributed by atoms with van der Waals surface area (Å²) in [5.74, 6) is -0.409. The highest BCUT2D eigenvalue weighted by molar-refractivity contribution is 6.33. The maximum absolute atomic E-state index is 12.2. The largest absolute Gasteiger partial charge is 0.382 e. The summed E-state index contributed by atoms with van der Waals surface area (Å²) in [6, 6.07) is 7.62. The fourth-order valence-corrected chi connectivity index (χ4v) is 3.55. The van der Waals surface area contributed by atoms with Gasteiger partial charge in [0.1, 0.15) is 0 Å². The lowest BCUT2D eigenvalue weighted by molar-refractivity contribution is 0.1000. The van der Waals surface area contributed by atoms with Crippen molar-refractivity contribution in [1.29, 1.82) is 0 Å². The van der Waals surface area contributed by atoms with Crippen molar-refractivity contribution in [3.05, 3.63) is 46.2 Å². The van der Waals surface area contributed by atoms with Crippen molar-refractivity contribution in [3.63, 3.8) is 0 Å². The Kier molecular flexibility index (Phi) is 7.09. The lowest BCUT2D eigenvalue weighted by Gasteiger charge is -2.13. The quantitative estimate of drug-likeness (QED) is 0.663. The molecule has 0 aliphatic rings. The number of halogens is 1. The molecule has 4 nitrogen and oxygen atoms in total. The molecule has 1 aromatic heterocycles. The van der Waals surface area contributed by atoms with E-state index < -0.39 is 5.91 Å². The highest BCUT2D eigenvalue weighted by Gasteiger charge is 2.25. The van der Waals surface area contributed by atoms with E-state index in [2.05, 4.69) is 11.5 Å².